The van der Waals surface area contributed by atoms with Gasteiger partial charge in [-0.1, -0.05) is 13.8 Å². The Bertz CT molecular complexity index is 222. The first-order valence-electron chi connectivity index (χ1n) is 3.31. The van der Waals surface area contributed by atoms with Crippen molar-refractivity contribution in [3.8, 4) is 0 Å². The van der Waals surface area contributed by atoms with E-state index in [0.717, 1.165) is 0 Å². The van der Waals surface area contributed by atoms with Crippen LogP contribution in [-0.2, 0) is 4.79 Å². The van der Waals surface area contributed by atoms with Gasteiger partial charge in [0.1, 0.15) is 5.71 Å². The number of primary amides is 1. The molecular formula is C6H11N3O3. The Morgan fingerprint density at radius 2 is 2.00 bits per heavy atom. The average Bonchev–Trinajstić information content (AvgIpc) is 1.84. The van der Waals surface area contributed by atoms with E-state index in [2.05, 4.69) is 5.10 Å². The molecule has 0 saturated carbocycles. The molecule has 0 aliphatic heterocycles. The molecule has 2 amide bonds. The Labute approximate surface area is 69.4 Å². The van der Waals surface area contributed by atoms with E-state index in [1.54, 1.807) is 13.8 Å². The number of carbonyl (C=O) groups is 2. The molecule has 0 saturated heterocycles. The minimum atomic E-state index is -1.17. The van der Waals surface area contributed by atoms with Crippen molar-refractivity contribution in [1.29, 1.82) is 0 Å². The topological polar surface area (TPSA) is 105 Å². The molecule has 6 heteroatoms. The quantitative estimate of drug-likeness (QED) is 0.404. The predicted octanol–water partition coefficient (Wildman–Crippen LogP) is -0.249. The summed E-state index contributed by atoms with van der Waals surface area (Å²) in [5.74, 6) is -1.44. The molecule has 0 aromatic carbocycles. The summed E-state index contributed by atoms with van der Waals surface area (Å²) in [6.07, 6.45) is 0. The first kappa shape index (κ1) is 10.4. The van der Waals surface area contributed by atoms with Gasteiger partial charge in [0.15, 0.2) is 0 Å². The maximum atomic E-state index is 10.4. The smallest absolute Gasteiger partial charge is 0.352 e. The number of nitrogens with one attached hydrogen (secondary N) is 1. The summed E-state index contributed by atoms with van der Waals surface area (Å²) >= 11 is 0. The van der Waals surface area contributed by atoms with Gasteiger partial charge >= 0.3 is 12.0 Å². The number of nitrogens with two attached hydrogens (primary N) is 1. The highest BCUT2D eigenvalue weighted by molar-refractivity contribution is 6.36. The van der Waals surface area contributed by atoms with Crippen molar-refractivity contribution in [2.24, 2.45) is 16.8 Å². The molecule has 0 bridgehead atoms. The van der Waals surface area contributed by atoms with E-state index in [9.17, 15) is 9.59 Å². The standard InChI is InChI=1S/C6H11N3O3/c1-3(2)4(5(10)11)8-9-6(7)12/h3H,1-2H3,(H,10,11)(H3,7,9,12). The average molecular weight is 173 g/mol. The van der Waals surface area contributed by atoms with Crippen molar-refractivity contribution in [3.05, 3.63) is 0 Å². The molecule has 0 aliphatic rings. The minimum absolute atomic E-state index is 0.131. The molecule has 0 aromatic heterocycles. The van der Waals surface area contributed by atoms with Gasteiger partial charge in [-0.2, -0.15) is 5.10 Å². The zero-order valence-corrected chi connectivity index (χ0v) is 6.87. The van der Waals surface area contributed by atoms with E-state index in [0.29, 0.717) is 0 Å². The number of carbonyl (C=O) groups excluding carboxylic acids is 1. The van der Waals surface area contributed by atoms with Crippen LogP contribution in [-0.4, -0.2) is 22.8 Å². The van der Waals surface area contributed by atoms with Gasteiger partial charge in [0.05, 0.1) is 0 Å². The van der Waals surface area contributed by atoms with Crippen molar-refractivity contribution < 1.29 is 14.7 Å². The fourth-order valence-electron chi connectivity index (χ4n) is 0.539. The summed E-state index contributed by atoms with van der Waals surface area (Å²) in [7, 11) is 0. The van der Waals surface area contributed by atoms with Crippen molar-refractivity contribution >= 4 is 17.7 Å². The predicted molar refractivity (Wildman–Crippen MR) is 42.6 cm³/mol. The van der Waals surface area contributed by atoms with E-state index in [1.165, 1.54) is 0 Å². The molecule has 0 fully saturated rings. The Morgan fingerprint density at radius 3 is 2.25 bits per heavy atom. The summed E-state index contributed by atoms with van der Waals surface area (Å²) in [6, 6.07) is -0.880. The van der Waals surface area contributed by atoms with Gasteiger partial charge in [-0.3, -0.25) is 0 Å². The molecule has 0 unspecified atom stereocenters. The Kier molecular flexibility index (Phi) is 3.75. The lowest BCUT2D eigenvalue weighted by atomic mass is 10.1. The number of nitrogens with zero attached hydrogens (tertiary/aromatic N) is 1. The van der Waals surface area contributed by atoms with E-state index in [1.807, 2.05) is 5.43 Å². The lowest BCUT2D eigenvalue weighted by molar-refractivity contribution is -0.129. The van der Waals surface area contributed by atoms with Gasteiger partial charge in [0.25, 0.3) is 0 Å². The van der Waals surface area contributed by atoms with Crippen molar-refractivity contribution in [2.75, 3.05) is 0 Å². The highest BCUT2D eigenvalue weighted by atomic mass is 16.4. The Hall–Kier alpha value is -1.59. The van der Waals surface area contributed by atoms with E-state index in [4.69, 9.17) is 10.8 Å². The van der Waals surface area contributed by atoms with Crippen LogP contribution in [0.1, 0.15) is 13.8 Å². The van der Waals surface area contributed by atoms with Gasteiger partial charge in [0, 0.05) is 5.92 Å². The Balaban J connectivity index is 4.40. The molecule has 0 spiro atoms. The van der Waals surface area contributed by atoms with E-state index in [-0.39, 0.29) is 11.6 Å². The van der Waals surface area contributed by atoms with Gasteiger partial charge in [0.2, 0.25) is 0 Å². The molecule has 4 N–H and O–H groups in total. The third kappa shape index (κ3) is 3.55. The largest absolute Gasteiger partial charge is 0.477 e. The van der Waals surface area contributed by atoms with Crippen LogP contribution in [0.5, 0.6) is 0 Å². The molecule has 0 aliphatic carbocycles. The zero-order chi connectivity index (χ0) is 9.72. The SMILES string of the molecule is CC(C)C(=NNC(N)=O)C(=O)O. The maximum Gasteiger partial charge on any atom is 0.352 e. The highest BCUT2D eigenvalue weighted by Gasteiger charge is 2.13. The lowest BCUT2D eigenvalue weighted by Gasteiger charge is -2.03. The number of hydrazone groups is 1. The second-order valence-corrected chi connectivity index (χ2v) is 2.43. The van der Waals surface area contributed by atoms with Gasteiger partial charge in [-0.05, 0) is 0 Å². The number of aliphatic carboxylic acids is 1. The van der Waals surface area contributed by atoms with Gasteiger partial charge in [-0.15, -0.1) is 0 Å². The zero-order valence-electron chi connectivity index (χ0n) is 6.87. The first-order chi connectivity index (χ1) is 5.45. The van der Waals surface area contributed by atoms with Crippen LogP contribution in [0.2, 0.25) is 0 Å². The summed E-state index contributed by atoms with van der Waals surface area (Å²) in [6.45, 7) is 3.30. The van der Waals surface area contributed by atoms with Gasteiger partial charge < -0.3 is 10.8 Å². The van der Waals surface area contributed by atoms with Crippen LogP contribution in [0.4, 0.5) is 4.79 Å². The molecular weight excluding hydrogens is 162 g/mol. The molecule has 0 atom stereocenters. The second-order valence-electron chi connectivity index (χ2n) is 2.43. The normalized spacial score (nSPS) is 11.4. The van der Waals surface area contributed by atoms with Crippen LogP contribution >= 0.6 is 0 Å². The first-order valence-corrected chi connectivity index (χ1v) is 3.31. The second kappa shape index (κ2) is 4.32. The summed E-state index contributed by atoms with van der Waals surface area (Å²) in [5.41, 5.74) is 6.41. The number of hydrogen-bond acceptors (Lipinski definition) is 3. The number of carboxylic acid groups (broad SMARTS) is 1. The number of amides is 2. The number of urea groups is 1. The Morgan fingerprint density at radius 1 is 1.50 bits per heavy atom. The highest BCUT2D eigenvalue weighted by Crippen LogP contribution is 1.95. The molecule has 6 nitrogen and oxygen atoms in total. The van der Waals surface area contributed by atoms with Gasteiger partial charge in [-0.25, -0.2) is 15.0 Å². The molecule has 0 heterocycles. The maximum absolute atomic E-state index is 10.4. The molecule has 0 radical (unpaired) electrons. The molecule has 68 valence electrons. The fourth-order valence-corrected chi connectivity index (χ4v) is 0.539. The monoisotopic (exact) mass is 173 g/mol. The lowest BCUT2D eigenvalue weighted by Crippen LogP contribution is -2.29. The van der Waals surface area contributed by atoms with Crippen molar-refractivity contribution in [2.45, 2.75) is 13.8 Å². The van der Waals surface area contributed by atoms with E-state index < -0.39 is 12.0 Å². The van der Waals surface area contributed by atoms with Crippen LogP contribution in [0, 0.1) is 5.92 Å². The van der Waals surface area contributed by atoms with Crippen molar-refractivity contribution in [1.82, 2.24) is 5.43 Å². The third-order valence-electron chi connectivity index (χ3n) is 1.05. The molecule has 0 aromatic rings. The summed E-state index contributed by atoms with van der Waals surface area (Å²) < 4.78 is 0. The number of carboxylic acids is 1. The van der Waals surface area contributed by atoms with Crippen LogP contribution in [0.25, 0.3) is 0 Å². The molecule has 12 heavy (non-hydrogen) atoms. The summed E-state index contributed by atoms with van der Waals surface area (Å²) in [5, 5.41) is 11.8. The number of rotatable bonds is 3. The van der Waals surface area contributed by atoms with Crippen LogP contribution in [0.15, 0.2) is 5.10 Å². The number of hydrogen-bond donors (Lipinski definition) is 3. The third-order valence-corrected chi connectivity index (χ3v) is 1.05. The minimum Gasteiger partial charge on any atom is -0.477 e. The molecule has 0 rings (SSSR count). The van der Waals surface area contributed by atoms with Crippen LogP contribution < -0.4 is 11.2 Å². The van der Waals surface area contributed by atoms with Crippen molar-refractivity contribution in [3.63, 3.8) is 0 Å². The van der Waals surface area contributed by atoms with Crippen LogP contribution in [0.3, 0.4) is 0 Å². The fraction of sp³-hybridized carbons (Fsp3) is 0.500. The van der Waals surface area contributed by atoms with E-state index >= 15 is 0 Å². The summed E-state index contributed by atoms with van der Waals surface area (Å²) in [4.78, 5) is 20.6.